The number of benzene rings is 1. The Kier molecular flexibility index (Phi) is 7.01. The Morgan fingerprint density at radius 3 is 2.27 bits per heavy atom. The fraction of sp³-hybridized carbons (Fsp3) is 0.467. The highest BCUT2D eigenvalue weighted by atomic mass is 16.5. The molecule has 0 saturated heterocycles. The molecule has 0 radical (unpaired) electrons. The first-order valence-corrected chi connectivity index (χ1v) is 6.81. The molecule has 1 amide bonds. The van der Waals surface area contributed by atoms with Gasteiger partial charge in [0.15, 0.2) is 18.1 Å². The predicted octanol–water partition coefficient (Wildman–Crippen LogP) is 1.40. The van der Waals surface area contributed by atoms with Crippen LogP contribution < -0.4 is 19.5 Å². The van der Waals surface area contributed by atoms with Crippen molar-refractivity contribution in [3.05, 3.63) is 17.7 Å². The van der Waals surface area contributed by atoms with Crippen LogP contribution in [0.5, 0.6) is 17.2 Å². The van der Waals surface area contributed by atoms with Crippen LogP contribution in [0.25, 0.3) is 0 Å². The number of nitrogens with one attached hydrogen (secondary N) is 1. The number of esters is 1. The van der Waals surface area contributed by atoms with Crippen molar-refractivity contribution in [1.82, 2.24) is 5.32 Å². The van der Waals surface area contributed by atoms with Crippen molar-refractivity contribution in [2.24, 2.45) is 0 Å². The van der Waals surface area contributed by atoms with E-state index in [0.717, 1.165) is 6.42 Å². The number of methoxy groups -OCH3 is 3. The molecule has 0 unspecified atom stereocenters. The van der Waals surface area contributed by atoms with Gasteiger partial charge in [0.25, 0.3) is 5.91 Å². The summed E-state index contributed by atoms with van der Waals surface area (Å²) < 4.78 is 20.5. The lowest BCUT2D eigenvalue weighted by Gasteiger charge is -2.15. The maximum absolute atomic E-state index is 12.1. The molecule has 122 valence electrons. The minimum absolute atomic E-state index is 0.156. The number of carbonyl (C=O) groups is 2. The zero-order valence-electron chi connectivity index (χ0n) is 13.2. The zero-order chi connectivity index (χ0) is 16.5. The lowest BCUT2D eigenvalue weighted by atomic mass is 10.1. The van der Waals surface area contributed by atoms with Crippen LogP contribution in [0.4, 0.5) is 0 Å². The minimum Gasteiger partial charge on any atom is -0.493 e. The number of ether oxygens (including phenoxy) is 4. The fourth-order valence-corrected chi connectivity index (χ4v) is 1.79. The SMILES string of the molecule is CCCNC(=O)COC(=O)c1ccc(OC)c(OC)c1OC. The second kappa shape index (κ2) is 8.76. The molecular weight excluding hydrogens is 290 g/mol. The summed E-state index contributed by atoms with van der Waals surface area (Å²) >= 11 is 0. The van der Waals surface area contributed by atoms with Gasteiger partial charge in [-0.1, -0.05) is 6.92 Å². The maximum atomic E-state index is 12.1. The van der Waals surface area contributed by atoms with Crippen LogP contribution in [0.3, 0.4) is 0 Å². The third-order valence-corrected chi connectivity index (χ3v) is 2.83. The maximum Gasteiger partial charge on any atom is 0.342 e. The van der Waals surface area contributed by atoms with Gasteiger partial charge in [-0.05, 0) is 18.6 Å². The Morgan fingerprint density at radius 1 is 1.05 bits per heavy atom. The molecule has 0 saturated carbocycles. The topological polar surface area (TPSA) is 83.1 Å². The Labute approximate surface area is 129 Å². The van der Waals surface area contributed by atoms with Crippen LogP contribution >= 0.6 is 0 Å². The first-order valence-electron chi connectivity index (χ1n) is 6.81. The van der Waals surface area contributed by atoms with Crippen molar-refractivity contribution in [3.63, 3.8) is 0 Å². The average Bonchev–Trinajstić information content (AvgIpc) is 2.55. The van der Waals surface area contributed by atoms with Gasteiger partial charge in [0.05, 0.1) is 21.3 Å². The van der Waals surface area contributed by atoms with Crippen molar-refractivity contribution in [3.8, 4) is 17.2 Å². The van der Waals surface area contributed by atoms with Crippen LogP contribution in [0, 0.1) is 0 Å². The Morgan fingerprint density at radius 2 is 1.73 bits per heavy atom. The summed E-state index contributed by atoms with van der Waals surface area (Å²) in [7, 11) is 4.32. The number of hydrogen-bond acceptors (Lipinski definition) is 6. The van der Waals surface area contributed by atoms with E-state index in [1.165, 1.54) is 27.4 Å². The summed E-state index contributed by atoms with van der Waals surface area (Å²) in [5, 5.41) is 2.62. The quantitative estimate of drug-likeness (QED) is 0.731. The number of amides is 1. The van der Waals surface area contributed by atoms with Crippen LogP contribution in [0.1, 0.15) is 23.7 Å². The standard InChI is InChI=1S/C15H21NO6/c1-5-8-16-12(17)9-22-15(18)10-6-7-11(19-2)14(21-4)13(10)20-3/h6-7H,5,8-9H2,1-4H3,(H,16,17). The summed E-state index contributed by atoms with van der Waals surface area (Å²) in [6.07, 6.45) is 0.809. The Bertz CT molecular complexity index is 529. The second-order valence-corrected chi connectivity index (χ2v) is 4.31. The summed E-state index contributed by atoms with van der Waals surface area (Å²) in [6.45, 7) is 2.12. The molecule has 7 nitrogen and oxygen atoms in total. The normalized spacial score (nSPS) is 9.82. The molecule has 0 aliphatic rings. The molecule has 0 atom stereocenters. The molecule has 0 aliphatic carbocycles. The van der Waals surface area contributed by atoms with Crippen LogP contribution in [0.15, 0.2) is 12.1 Å². The molecule has 22 heavy (non-hydrogen) atoms. The minimum atomic E-state index is -0.676. The van der Waals surface area contributed by atoms with Crippen LogP contribution in [0.2, 0.25) is 0 Å². The largest absolute Gasteiger partial charge is 0.493 e. The molecule has 0 heterocycles. The Balaban J connectivity index is 2.87. The molecule has 0 fully saturated rings. The predicted molar refractivity (Wildman–Crippen MR) is 79.7 cm³/mol. The van der Waals surface area contributed by atoms with E-state index in [0.29, 0.717) is 12.3 Å². The summed E-state index contributed by atoms with van der Waals surface area (Å²) in [5.41, 5.74) is 0.156. The van der Waals surface area contributed by atoms with Gasteiger partial charge < -0.3 is 24.3 Å². The lowest BCUT2D eigenvalue weighted by Crippen LogP contribution is -2.29. The fourth-order valence-electron chi connectivity index (χ4n) is 1.79. The van der Waals surface area contributed by atoms with Crippen molar-refractivity contribution < 1.29 is 28.5 Å². The molecule has 7 heteroatoms. The van der Waals surface area contributed by atoms with Gasteiger partial charge in [-0.2, -0.15) is 0 Å². The van der Waals surface area contributed by atoms with E-state index in [1.807, 2.05) is 6.92 Å². The second-order valence-electron chi connectivity index (χ2n) is 4.31. The van der Waals surface area contributed by atoms with Crippen LogP contribution in [-0.4, -0.2) is 46.4 Å². The van der Waals surface area contributed by atoms with E-state index >= 15 is 0 Å². The van der Waals surface area contributed by atoms with E-state index < -0.39 is 5.97 Å². The van der Waals surface area contributed by atoms with Gasteiger partial charge in [-0.15, -0.1) is 0 Å². The number of rotatable bonds is 8. The van der Waals surface area contributed by atoms with E-state index in [-0.39, 0.29) is 29.6 Å². The third-order valence-electron chi connectivity index (χ3n) is 2.83. The van der Waals surface area contributed by atoms with Crippen molar-refractivity contribution >= 4 is 11.9 Å². The molecule has 0 bridgehead atoms. The van der Waals surface area contributed by atoms with Gasteiger partial charge in [0, 0.05) is 6.54 Å². The summed E-state index contributed by atoms with van der Waals surface area (Å²) in [6, 6.07) is 3.06. The molecule has 1 aromatic rings. The Hall–Kier alpha value is -2.44. The molecule has 1 rings (SSSR count). The lowest BCUT2D eigenvalue weighted by molar-refractivity contribution is -0.124. The number of hydrogen-bond donors (Lipinski definition) is 1. The molecule has 0 aromatic heterocycles. The highest BCUT2D eigenvalue weighted by Crippen LogP contribution is 2.39. The first kappa shape index (κ1) is 17.6. The van der Waals surface area contributed by atoms with Gasteiger partial charge in [0.1, 0.15) is 5.56 Å². The summed E-state index contributed by atoms with van der Waals surface area (Å²) in [5.74, 6) is -0.119. The smallest absolute Gasteiger partial charge is 0.342 e. The van der Waals surface area contributed by atoms with Crippen molar-refractivity contribution in [1.29, 1.82) is 0 Å². The summed E-state index contributed by atoms with van der Waals surface area (Å²) in [4.78, 5) is 23.5. The number of carbonyl (C=O) groups excluding carboxylic acids is 2. The highest BCUT2D eigenvalue weighted by molar-refractivity contribution is 5.95. The van der Waals surface area contributed by atoms with E-state index in [2.05, 4.69) is 5.32 Å². The van der Waals surface area contributed by atoms with E-state index in [9.17, 15) is 9.59 Å². The van der Waals surface area contributed by atoms with E-state index in [1.54, 1.807) is 6.07 Å². The zero-order valence-corrected chi connectivity index (χ0v) is 13.2. The van der Waals surface area contributed by atoms with Crippen molar-refractivity contribution in [2.75, 3.05) is 34.5 Å². The average molecular weight is 311 g/mol. The van der Waals surface area contributed by atoms with Gasteiger partial charge in [0.2, 0.25) is 5.75 Å². The third kappa shape index (κ3) is 4.28. The molecule has 1 aromatic carbocycles. The molecule has 0 aliphatic heterocycles. The van der Waals surface area contributed by atoms with Crippen LogP contribution in [-0.2, 0) is 9.53 Å². The molecule has 0 spiro atoms. The van der Waals surface area contributed by atoms with Crippen molar-refractivity contribution in [2.45, 2.75) is 13.3 Å². The van der Waals surface area contributed by atoms with Gasteiger partial charge in [-0.3, -0.25) is 4.79 Å². The monoisotopic (exact) mass is 311 g/mol. The molecular formula is C15H21NO6. The van der Waals surface area contributed by atoms with E-state index in [4.69, 9.17) is 18.9 Å². The van der Waals surface area contributed by atoms with Gasteiger partial charge >= 0.3 is 5.97 Å². The highest BCUT2D eigenvalue weighted by Gasteiger charge is 2.22. The van der Waals surface area contributed by atoms with Gasteiger partial charge in [-0.25, -0.2) is 4.79 Å². The first-order chi connectivity index (χ1) is 10.6. The molecule has 1 N–H and O–H groups in total.